The second-order valence-corrected chi connectivity index (χ2v) is 2.31. The molecular weight excluding hydrogens is 145 g/mol. The molecule has 0 aliphatic rings. The topological polar surface area (TPSA) is 29.1 Å². The highest BCUT2D eigenvalue weighted by Crippen LogP contribution is 1.95. The summed E-state index contributed by atoms with van der Waals surface area (Å²) in [6.45, 7) is 5.18. The van der Waals surface area contributed by atoms with E-state index in [1.54, 1.807) is 0 Å². The van der Waals surface area contributed by atoms with E-state index in [1.807, 2.05) is 6.92 Å². The Morgan fingerprint density at radius 2 is 2.45 bits per heavy atom. The number of alkyl halides is 1. The zero-order valence-corrected chi connectivity index (χ0v) is 6.77. The van der Waals surface area contributed by atoms with Crippen LogP contribution in [0.25, 0.3) is 0 Å². The number of amides is 1. The van der Waals surface area contributed by atoms with Gasteiger partial charge in [-0.3, -0.25) is 4.79 Å². The van der Waals surface area contributed by atoms with Crippen molar-refractivity contribution >= 4 is 5.91 Å². The summed E-state index contributed by atoms with van der Waals surface area (Å²) in [6, 6.07) is 0. The lowest BCUT2D eigenvalue weighted by Gasteiger charge is -2.04. The molecular formula is C8H14FNO. The van der Waals surface area contributed by atoms with E-state index in [4.69, 9.17) is 0 Å². The smallest absolute Gasteiger partial charge is 0.222 e. The number of nitrogens with one attached hydrogen (secondary N) is 1. The summed E-state index contributed by atoms with van der Waals surface area (Å²) in [6.07, 6.45) is 1.79. The Hall–Kier alpha value is -0.860. The van der Waals surface area contributed by atoms with E-state index in [-0.39, 0.29) is 5.91 Å². The number of hydrogen-bond donors (Lipinski definition) is 1. The van der Waals surface area contributed by atoms with E-state index < -0.39 is 6.30 Å². The number of unbranched alkanes of at least 4 members (excludes halogenated alkanes) is 1. The molecule has 0 spiro atoms. The summed E-state index contributed by atoms with van der Waals surface area (Å²) in [5.41, 5.74) is 0. The lowest BCUT2D eigenvalue weighted by atomic mass is 10.2. The molecule has 0 saturated heterocycles. The molecule has 3 heteroatoms. The van der Waals surface area contributed by atoms with Gasteiger partial charge in [0.2, 0.25) is 5.91 Å². The van der Waals surface area contributed by atoms with Crippen LogP contribution in [0.2, 0.25) is 0 Å². The van der Waals surface area contributed by atoms with Crippen LogP contribution >= 0.6 is 0 Å². The maximum absolute atomic E-state index is 12.4. The average Bonchev–Trinajstić information content (AvgIpc) is 2.00. The Balaban J connectivity index is 3.43. The van der Waals surface area contributed by atoms with Gasteiger partial charge in [-0.2, -0.15) is 0 Å². The van der Waals surface area contributed by atoms with E-state index in [2.05, 4.69) is 11.9 Å². The molecule has 0 saturated carbocycles. The second kappa shape index (κ2) is 5.89. The summed E-state index contributed by atoms with van der Waals surface area (Å²) in [4.78, 5) is 10.8. The highest BCUT2D eigenvalue weighted by atomic mass is 19.1. The van der Waals surface area contributed by atoms with Gasteiger partial charge in [0.1, 0.15) is 0 Å². The van der Waals surface area contributed by atoms with E-state index in [1.165, 1.54) is 0 Å². The van der Waals surface area contributed by atoms with Gasteiger partial charge in [-0.05, 0) is 12.5 Å². The molecule has 1 amide bonds. The Labute approximate surface area is 66.5 Å². The SMILES string of the molecule is C=CC(F)NC(=O)CCCC. The van der Waals surface area contributed by atoms with Crippen LogP contribution in [-0.2, 0) is 4.79 Å². The molecule has 1 unspecified atom stereocenters. The van der Waals surface area contributed by atoms with Crippen molar-refractivity contribution in [2.45, 2.75) is 32.5 Å². The average molecular weight is 159 g/mol. The van der Waals surface area contributed by atoms with Crippen LogP contribution in [0.1, 0.15) is 26.2 Å². The predicted octanol–water partition coefficient (Wildman–Crippen LogP) is 1.77. The third kappa shape index (κ3) is 5.58. The van der Waals surface area contributed by atoms with E-state index in [9.17, 15) is 9.18 Å². The summed E-state index contributed by atoms with van der Waals surface area (Å²) >= 11 is 0. The molecule has 0 bridgehead atoms. The van der Waals surface area contributed by atoms with Gasteiger partial charge in [-0.15, -0.1) is 0 Å². The van der Waals surface area contributed by atoms with E-state index in [0.29, 0.717) is 6.42 Å². The Kier molecular flexibility index (Phi) is 5.43. The van der Waals surface area contributed by atoms with Crippen molar-refractivity contribution in [2.24, 2.45) is 0 Å². The molecule has 0 heterocycles. The zero-order chi connectivity index (χ0) is 8.69. The van der Waals surface area contributed by atoms with Gasteiger partial charge >= 0.3 is 0 Å². The first kappa shape index (κ1) is 10.1. The van der Waals surface area contributed by atoms with Crippen LogP contribution in [0.4, 0.5) is 4.39 Å². The number of carbonyl (C=O) groups is 1. The summed E-state index contributed by atoms with van der Waals surface area (Å²) in [5.74, 6) is -0.251. The molecule has 0 aromatic heterocycles. The fourth-order valence-electron chi connectivity index (χ4n) is 0.622. The van der Waals surface area contributed by atoms with Crippen LogP contribution in [0, 0.1) is 0 Å². The molecule has 0 rings (SSSR count). The first-order valence-corrected chi connectivity index (χ1v) is 3.76. The molecule has 11 heavy (non-hydrogen) atoms. The summed E-state index contributed by atoms with van der Waals surface area (Å²) in [7, 11) is 0. The van der Waals surface area contributed by atoms with E-state index >= 15 is 0 Å². The van der Waals surface area contributed by atoms with Gasteiger partial charge in [0, 0.05) is 6.42 Å². The van der Waals surface area contributed by atoms with Crippen LogP contribution in [0.3, 0.4) is 0 Å². The van der Waals surface area contributed by atoms with Crippen molar-refractivity contribution in [1.29, 1.82) is 0 Å². The van der Waals surface area contributed by atoms with Crippen LogP contribution in [-0.4, -0.2) is 12.2 Å². The Bertz CT molecular complexity index is 136. The molecule has 64 valence electrons. The summed E-state index contributed by atoms with van der Waals surface area (Å²) < 4.78 is 12.4. The van der Waals surface area contributed by atoms with Crippen molar-refractivity contribution in [3.8, 4) is 0 Å². The minimum absolute atomic E-state index is 0.251. The lowest BCUT2D eigenvalue weighted by Crippen LogP contribution is -2.29. The molecule has 0 fully saturated rings. The van der Waals surface area contributed by atoms with E-state index in [0.717, 1.165) is 18.9 Å². The van der Waals surface area contributed by atoms with Crippen molar-refractivity contribution in [3.63, 3.8) is 0 Å². The minimum Gasteiger partial charge on any atom is -0.323 e. The molecule has 0 aliphatic carbocycles. The minimum atomic E-state index is -1.40. The maximum atomic E-state index is 12.4. The van der Waals surface area contributed by atoms with Crippen molar-refractivity contribution < 1.29 is 9.18 Å². The quantitative estimate of drug-likeness (QED) is 0.480. The Morgan fingerprint density at radius 1 is 1.82 bits per heavy atom. The molecule has 0 aromatic carbocycles. The predicted molar refractivity (Wildman–Crippen MR) is 42.8 cm³/mol. The molecule has 2 nitrogen and oxygen atoms in total. The van der Waals surface area contributed by atoms with Crippen LogP contribution in [0.15, 0.2) is 12.7 Å². The van der Waals surface area contributed by atoms with Crippen LogP contribution < -0.4 is 5.32 Å². The standard InChI is InChI=1S/C8H14FNO/c1-3-5-6-8(11)10-7(9)4-2/h4,7H,2-3,5-6H2,1H3,(H,10,11). The van der Waals surface area contributed by atoms with Gasteiger partial charge in [0.15, 0.2) is 6.30 Å². The molecule has 1 atom stereocenters. The fourth-order valence-corrected chi connectivity index (χ4v) is 0.622. The number of rotatable bonds is 5. The molecule has 0 aromatic rings. The first-order valence-electron chi connectivity index (χ1n) is 3.76. The lowest BCUT2D eigenvalue weighted by molar-refractivity contribution is -0.122. The highest BCUT2D eigenvalue weighted by molar-refractivity contribution is 5.76. The molecule has 1 N–H and O–H groups in total. The number of halogens is 1. The van der Waals surface area contributed by atoms with Gasteiger partial charge in [0.25, 0.3) is 0 Å². The van der Waals surface area contributed by atoms with Gasteiger partial charge < -0.3 is 5.32 Å². The maximum Gasteiger partial charge on any atom is 0.222 e. The summed E-state index contributed by atoms with van der Waals surface area (Å²) in [5, 5.41) is 2.14. The van der Waals surface area contributed by atoms with Gasteiger partial charge in [-0.1, -0.05) is 19.9 Å². The third-order valence-corrected chi connectivity index (χ3v) is 1.26. The van der Waals surface area contributed by atoms with Crippen molar-refractivity contribution in [1.82, 2.24) is 5.32 Å². The normalized spacial score (nSPS) is 12.2. The molecule has 0 radical (unpaired) electrons. The van der Waals surface area contributed by atoms with Crippen molar-refractivity contribution in [3.05, 3.63) is 12.7 Å². The first-order chi connectivity index (χ1) is 5.20. The fraction of sp³-hybridized carbons (Fsp3) is 0.625. The molecule has 0 aliphatic heterocycles. The second-order valence-electron chi connectivity index (χ2n) is 2.31. The highest BCUT2D eigenvalue weighted by Gasteiger charge is 2.04. The van der Waals surface area contributed by atoms with Gasteiger partial charge in [-0.25, -0.2) is 4.39 Å². The monoisotopic (exact) mass is 159 g/mol. The number of carbonyl (C=O) groups excluding carboxylic acids is 1. The zero-order valence-electron chi connectivity index (χ0n) is 6.77. The van der Waals surface area contributed by atoms with Crippen molar-refractivity contribution in [2.75, 3.05) is 0 Å². The number of hydrogen-bond acceptors (Lipinski definition) is 1. The third-order valence-electron chi connectivity index (χ3n) is 1.26. The van der Waals surface area contributed by atoms with Gasteiger partial charge in [0.05, 0.1) is 0 Å². The van der Waals surface area contributed by atoms with Crippen LogP contribution in [0.5, 0.6) is 0 Å². The Morgan fingerprint density at radius 3 is 2.91 bits per heavy atom. The largest absolute Gasteiger partial charge is 0.323 e.